The Morgan fingerprint density at radius 1 is 1.12 bits per heavy atom. The van der Waals surface area contributed by atoms with E-state index in [1.54, 1.807) is 6.92 Å². The highest BCUT2D eigenvalue weighted by atomic mass is 16.5. The lowest BCUT2D eigenvalue weighted by atomic mass is 10.3. The molecule has 2 N–H and O–H groups in total. The van der Waals surface area contributed by atoms with Crippen molar-refractivity contribution in [2.24, 2.45) is 0 Å². The lowest BCUT2D eigenvalue weighted by molar-refractivity contribution is -0.143. The number of hydrogen-bond donors (Lipinski definition) is 2. The van der Waals surface area contributed by atoms with E-state index in [2.05, 4.69) is 6.58 Å². The van der Waals surface area contributed by atoms with Gasteiger partial charge >= 0.3 is 17.9 Å². The first-order chi connectivity index (χ1) is 7.81. The zero-order chi connectivity index (χ0) is 13.8. The molecule has 0 radical (unpaired) electrons. The standard InChI is InChI=1S/C7H12O2.C4H6O4/c1-4-5-9-7(8)6(2)3;5-3(6)1-2-4(7)8/h2,4-5H2,1,3H3;1-2H2,(H,5,6)(H,7,8). The van der Waals surface area contributed by atoms with Gasteiger partial charge in [0.1, 0.15) is 0 Å². The van der Waals surface area contributed by atoms with E-state index in [9.17, 15) is 14.4 Å². The SMILES string of the molecule is C=C(C)C(=O)OCCC.O=C(O)CCC(=O)O. The summed E-state index contributed by atoms with van der Waals surface area (Å²) in [6.45, 7) is 7.51. The fourth-order valence-electron chi connectivity index (χ4n) is 0.532. The number of carboxylic acid groups (broad SMARTS) is 2. The van der Waals surface area contributed by atoms with Crippen LogP contribution >= 0.6 is 0 Å². The molecule has 0 amide bonds. The summed E-state index contributed by atoms with van der Waals surface area (Å²) >= 11 is 0. The van der Waals surface area contributed by atoms with Crippen LogP contribution in [0.4, 0.5) is 0 Å². The van der Waals surface area contributed by atoms with E-state index in [-0.39, 0.29) is 18.8 Å². The first kappa shape index (κ1) is 17.5. The van der Waals surface area contributed by atoms with Crippen molar-refractivity contribution in [2.75, 3.05) is 6.61 Å². The molecule has 0 spiro atoms. The van der Waals surface area contributed by atoms with Crippen LogP contribution < -0.4 is 0 Å². The molecule has 0 atom stereocenters. The van der Waals surface area contributed by atoms with E-state index in [0.717, 1.165) is 6.42 Å². The molecule has 0 aliphatic rings. The number of esters is 1. The number of carbonyl (C=O) groups is 3. The lowest BCUT2D eigenvalue weighted by Gasteiger charge is -1.99. The van der Waals surface area contributed by atoms with Crippen molar-refractivity contribution >= 4 is 17.9 Å². The molecule has 0 unspecified atom stereocenters. The minimum absolute atomic E-state index is 0.295. The van der Waals surface area contributed by atoms with E-state index >= 15 is 0 Å². The average molecular weight is 246 g/mol. The van der Waals surface area contributed by atoms with Crippen molar-refractivity contribution in [1.82, 2.24) is 0 Å². The number of ether oxygens (including phenoxy) is 1. The molecule has 6 heteroatoms. The summed E-state index contributed by atoms with van der Waals surface area (Å²) in [6, 6.07) is 0. The second-order valence-electron chi connectivity index (χ2n) is 3.20. The number of aliphatic carboxylic acids is 2. The number of hydrogen-bond acceptors (Lipinski definition) is 4. The number of rotatable bonds is 6. The minimum Gasteiger partial charge on any atom is -0.481 e. The summed E-state index contributed by atoms with van der Waals surface area (Å²) in [5, 5.41) is 15.8. The summed E-state index contributed by atoms with van der Waals surface area (Å²) in [4.78, 5) is 29.9. The molecular formula is C11H18O6. The first-order valence-corrected chi connectivity index (χ1v) is 5.07. The van der Waals surface area contributed by atoms with Gasteiger partial charge in [-0.1, -0.05) is 13.5 Å². The van der Waals surface area contributed by atoms with Crippen LogP contribution in [0.3, 0.4) is 0 Å². The van der Waals surface area contributed by atoms with E-state index < -0.39 is 11.9 Å². The van der Waals surface area contributed by atoms with Gasteiger partial charge < -0.3 is 14.9 Å². The zero-order valence-electron chi connectivity index (χ0n) is 10.1. The molecule has 0 saturated carbocycles. The second-order valence-corrected chi connectivity index (χ2v) is 3.20. The third-order valence-corrected chi connectivity index (χ3v) is 1.34. The van der Waals surface area contributed by atoms with Gasteiger partial charge in [0, 0.05) is 5.57 Å². The lowest BCUT2D eigenvalue weighted by Crippen LogP contribution is -2.04. The fourth-order valence-corrected chi connectivity index (χ4v) is 0.532. The Labute approximate surface area is 99.9 Å². The minimum atomic E-state index is -1.08. The molecule has 0 aromatic rings. The van der Waals surface area contributed by atoms with E-state index in [0.29, 0.717) is 12.2 Å². The molecule has 98 valence electrons. The van der Waals surface area contributed by atoms with Crippen LogP contribution in [-0.4, -0.2) is 34.7 Å². The van der Waals surface area contributed by atoms with Gasteiger partial charge in [-0.05, 0) is 13.3 Å². The summed E-state index contributed by atoms with van der Waals surface area (Å²) in [5.74, 6) is -2.45. The Balaban J connectivity index is 0. The Bertz CT molecular complexity index is 268. The molecule has 0 saturated heterocycles. The summed E-state index contributed by atoms with van der Waals surface area (Å²) in [7, 11) is 0. The van der Waals surface area contributed by atoms with Crippen LogP contribution in [-0.2, 0) is 19.1 Å². The molecule has 0 bridgehead atoms. The monoisotopic (exact) mass is 246 g/mol. The van der Waals surface area contributed by atoms with Crippen LogP contribution in [0.5, 0.6) is 0 Å². The molecule has 0 aliphatic heterocycles. The Hall–Kier alpha value is -1.85. The van der Waals surface area contributed by atoms with Crippen molar-refractivity contribution in [3.8, 4) is 0 Å². The van der Waals surface area contributed by atoms with Crippen molar-refractivity contribution in [3.63, 3.8) is 0 Å². The quantitative estimate of drug-likeness (QED) is 0.543. The highest BCUT2D eigenvalue weighted by Gasteiger charge is 2.00. The molecule has 0 heterocycles. The zero-order valence-corrected chi connectivity index (χ0v) is 10.1. The predicted molar refractivity (Wildman–Crippen MR) is 60.6 cm³/mol. The second kappa shape index (κ2) is 10.7. The molecule has 0 fully saturated rings. The highest BCUT2D eigenvalue weighted by molar-refractivity contribution is 5.86. The third-order valence-electron chi connectivity index (χ3n) is 1.34. The Morgan fingerprint density at radius 3 is 1.76 bits per heavy atom. The highest BCUT2D eigenvalue weighted by Crippen LogP contribution is 1.91. The maximum Gasteiger partial charge on any atom is 0.333 e. The number of carbonyl (C=O) groups excluding carboxylic acids is 1. The van der Waals surface area contributed by atoms with Crippen LogP contribution in [0.2, 0.25) is 0 Å². The third kappa shape index (κ3) is 16.8. The molecular weight excluding hydrogens is 228 g/mol. The van der Waals surface area contributed by atoms with Crippen LogP contribution in [0, 0.1) is 0 Å². The van der Waals surface area contributed by atoms with Gasteiger partial charge in [0.05, 0.1) is 19.4 Å². The summed E-state index contributed by atoms with van der Waals surface area (Å²) in [6.07, 6.45) is 0.268. The smallest absolute Gasteiger partial charge is 0.333 e. The topological polar surface area (TPSA) is 101 Å². The predicted octanol–water partition coefficient (Wildman–Crippen LogP) is 1.45. The largest absolute Gasteiger partial charge is 0.481 e. The fraction of sp³-hybridized carbons (Fsp3) is 0.545. The van der Waals surface area contributed by atoms with Gasteiger partial charge in [-0.3, -0.25) is 9.59 Å². The van der Waals surface area contributed by atoms with Gasteiger partial charge in [0.2, 0.25) is 0 Å². The first-order valence-electron chi connectivity index (χ1n) is 5.07. The molecule has 0 aromatic heterocycles. The molecule has 0 aromatic carbocycles. The number of carboxylic acids is 2. The normalized spacial score (nSPS) is 8.59. The van der Waals surface area contributed by atoms with Crippen LogP contribution in [0.25, 0.3) is 0 Å². The van der Waals surface area contributed by atoms with Gasteiger partial charge in [-0.25, -0.2) is 4.79 Å². The Kier molecular flexibility index (Phi) is 11.0. The summed E-state index contributed by atoms with van der Waals surface area (Å²) < 4.78 is 4.71. The maximum atomic E-state index is 10.6. The molecule has 17 heavy (non-hydrogen) atoms. The molecule has 0 rings (SSSR count). The molecule has 0 aliphatic carbocycles. The van der Waals surface area contributed by atoms with Crippen molar-refractivity contribution < 1.29 is 29.3 Å². The van der Waals surface area contributed by atoms with Crippen molar-refractivity contribution in [2.45, 2.75) is 33.1 Å². The van der Waals surface area contributed by atoms with E-state index in [1.165, 1.54) is 0 Å². The van der Waals surface area contributed by atoms with E-state index in [4.69, 9.17) is 14.9 Å². The Morgan fingerprint density at radius 2 is 1.53 bits per heavy atom. The van der Waals surface area contributed by atoms with Gasteiger partial charge in [-0.15, -0.1) is 0 Å². The van der Waals surface area contributed by atoms with Crippen molar-refractivity contribution in [1.29, 1.82) is 0 Å². The van der Waals surface area contributed by atoms with Gasteiger partial charge in [0.25, 0.3) is 0 Å². The van der Waals surface area contributed by atoms with Gasteiger partial charge in [0.15, 0.2) is 0 Å². The van der Waals surface area contributed by atoms with E-state index in [1.807, 2.05) is 6.92 Å². The maximum absolute atomic E-state index is 10.6. The van der Waals surface area contributed by atoms with Gasteiger partial charge in [-0.2, -0.15) is 0 Å². The van der Waals surface area contributed by atoms with Crippen molar-refractivity contribution in [3.05, 3.63) is 12.2 Å². The average Bonchev–Trinajstić information content (AvgIpc) is 2.23. The summed E-state index contributed by atoms with van der Waals surface area (Å²) in [5.41, 5.74) is 0.462. The molecule has 6 nitrogen and oxygen atoms in total. The van der Waals surface area contributed by atoms with Crippen LogP contribution in [0.1, 0.15) is 33.1 Å². The van der Waals surface area contributed by atoms with Crippen LogP contribution in [0.15, 0.2) is 12.2 Å².